The number of unbranched alkanes of at least 4 members (excludes halogenated alkanes) is 2. The van der Waals surface area contributed by atoms with Crippen LogP contribution in [0.2, 0.25) is 0 Å². The van der Waals surface area contributed by atoms with Gasteiger partial charge in [0, 0.05) is 38.8 Å². The van der Waals surface area contributed by atoms with Gasteiger partial charge in [-0.2, -0.15) is 0 Å². The molecule has 0 unspecified atom stereocenters. The second-order valence-electron chi connectivity index (χ2n) is 7.53. The third kappa shape index (κ3) is 5.00. The van der Waals surface area contributed by atoms with E-state index in [0.717, 1.165) is 75.2 Å². The SMILES string of the molecule is COC1(C(=O)N(C)CCCCCc2cc(-c3ccccc3)no2)CCNCC1. The van der Waals surface area contributed by atoms with Crippen LogP contribution in [-0.4, -0.2) is 55.4 Å². The van der Waals surface area contributed by atoms with E-state index in [1.165, 1.54) is 0 Å². The van der Waals surface area contributed by atoms with Crippen LogP contribution in [0.25, 0.3) is 11.3 Å². The van der Waals surface area contributed by atoms with Crippen LogP contribution in [0.4, 0.5) is 0 Å². The van der Waals surface area contributed by atoms with E-state index in [1.807, 2.05) is 48.3 Å². The molecule has 1 aromatic heterocycles. The summed E-state index contributed by atoms with van der Waals surface area (Å²) in [6, 6.07) is 12.1. The molecule has 2 heterocycles. The van der Waals surface area contributed by atoms with Crippen molar-refractivity contribution in [3.8, 4) is 11.3 Å². The number of hydrogen-bond donors (Lipinski definition) is 1. The zero-order valence-corrected chi connectivity index (χ0v) is 16.9. The number of nitrogens with one attached hydrogen (secondary N) is 1. The lowest BCUT2D eigenvalue weighted by Crippen LogP contribution is -2.54. The van der Waals surface area contributed by atoms with Crippen LogP contribution in [0.1, 0.15) is 37.9 Å². The van der Waals surface area contributed by atoms with Gasteiger partial charge in [-0.05, 0) is 38.8 Å². The Labute approximate surface area is 167 Å². The van der Waals surface area contributed by atoms with Crippen molar-refractivity contribution in [2.24, 2.45) is 0 Å². The van der Waals surface area contributed by atoms with Crippen LogP contribution in [-0.2, 0) is 16.0 Å². The first kappa shape index (κ1) is 20.6. The Morgan fingerprint density at radius 1 is 1.21 bits per heavy atom. The number of carbonyl (C=O) groups is 1. The second kappa shape index (κ2) is 9.85. The van der Waals surface area contributed by atoms with Crippen molar-refractivity contribution in [2.75, 3.05) is 33.8 Å². The minimum atomic E-state index is -0.645. The molecule has 6 nitrogen and oxygen atoms in total. The van der Waals surface area contributed by atoms with Gasteiger partial charge in [-0.25, -0.2) is 0 Å². The van der Waals surface area contributed by atoms with Crippen molar-refractivity contribution in [3.05, 3.63) is 42.2 Å². The lowest BCUT2D eigenvalue weighted by atomic mass is 9.90. The molecule has 1 aliphatic heterocycles. The number of rotatable bonds is 9. The van der Waals surface area contributed by atoms with Gasteiger partial charge in [0.2, 0.25) is 0 Å². The summed E-state index contributed by atoms with van der Waals surface area (Å²) in [5.74, 6) is 1.02. The molecule has 0 spiro atoms. The molecule has 0 aliphatic carbocycles. The van der Waals surface area contributed by atoms with E-state index >= 15 is 0 Å². The van der Waals surface area contributed by atoms with E-state index in [2.05, 4.69) is 10.5 Å². The first-order valence-electron chi connectivity index (χ1n) is 10.2. The number of nitrogens with zero attached hydrogens (tertiary/aromatic N) is 2. The monoisotopic (exact) mass is 385 g/mol. The number of hydrogen-bond acceptors (Lipinski definition) is 5. The standard InChI is InChI=1S/C22H31N3O3/c1-25(21(26)22(27-2)12-14-23-15-13-22)16-8-4-7-11-19-17-20(24-28-19)18-9-5-3-6-10-18/h3,5-6,9-10,17,23H,4,7-8,11-16H2,1-2H3. The normalized spacial score (nSPS) is 16.1. The highest BCUT2D eigenvalue weighted by Crippen LogP contribution is 2.25. The topological polar surface area (TPSA) is 67.6 Å². The smallest absolute Gasteiger partial charge is 0.254 e. The molecule has 3 rings (SSSR count). The maximum Gasteiger partial charge on any atom is 0.254 e. The van der Waals surface area contributed by atoms with Gasteiger partial charge in [0.15, 0.2) is 0 Å². The minimum absolute atomic E-state index is 0.110. The van der Waals surface area contributed by atoms with E-state index in [4.69, 9.17) is 9.26 Å². The number of aromatic nitrogens is 1. The molecule has 0 bridgehead atoms. The van der Waals surface area contributed by atoms with Gasteiger partial charge in [0.25, 0.3) is 5.91 Å². The van der Waals surface area contributed by atoms with Crippen molar-refractivity contribution < 1.29 is 14.1 Å². The van der Waals surface area contributed by atoms with Crippen LogP contribution >= 0.6 is 0 Å². The summed E-state index contributed by atoms with van der Waals surface area (Å²) >= 11 is 0. The fourth-order valence-electron chi connectivity index (χ4n) is 3.79. The van der Waals surface area contributed by atoms with E-state index in [-0.39, 0.29) is 5.91 Å². The number of piperidine rings is 1. The zero-order valence-electron chi connectivity index (χ0n) is 16.9. The molecule has 1 aliphatic rings. The van der Waals surface area contributed by atoms with Crippen LogP contribution < -0.4 is 5.32 Å². The Balaban J connectivity index is 1.39. The molecule has 28 heavy (non-hydrogen) atoms. The van der Waals surface area contributed by atoms with Gasteiger partial charge in [-0.1, -0.05) is 41.9 Å². The summed E-state index contributed by atoms with van der Waals surface area (Å²) in [6.45, 7) is 2.41. The van der Waals surface area contributed by atoms with Crippen LogP contribution in [0.15, 0.2) is 40.9 Å². The fourth-order valence-corrected chi connectivity index (χ4v) is 3.79. The van der Waals surface area contributed by atoms with Gasteiger partial charge in [0.05, 0.1) is 0 Å². The molecule has 1 aromatic carbocycles. The Morgan fingerprint density at radius 3 is 2.68 bits per heavy atom. The Hall–Kier alpha value is -2.18. The number of likely N-dealkylation sites (N-methyl/N-ethyl adjacent to an activating group) is 1. The molecule has 1 amide bonds. The molecule has 0 radical (unpaired) electrons. The van der Waals surface area contributed by atoms with E-state index in [1.54, 1.807) is 7.11 Å². The average molecular weight is 386 g/mol. The lowest BCUT2D eigenvalue weighted by molar-refractivity contribution is -0.157. The molecule has 1 saturated heterocycles. The highest BCUT2D eigenvalue weighted by atomic mass is 16.5. The van der Waals surface area contributed by atoms with Crippen molar-refractivity contribution in [3.63, 3.8) is 0 Å². The van der Waals surface area contributed by atoms with Crippen LogP contribution in [0.3, 0.4) is 0 Å². The molecular formula is C22H31N3O3. The highest BCUT2D eigenvalue weighted by Gasteiger charge is 2.41. The number of ether oxygens (including phenoxy) is 1. The molecule has 2 aromatic rings. The third-order valence-corrected chi connectivity index (χ3v) is 5.58. The van der Waals surface area contributed by atoms with E-state index in [0.29, 0.717) is 0 Å². The largest absolute Gasteiger partial charge is 0.368 e. The van der Waals surface area contributed by atoms with Crippen molar-refractivity contribution in [1.82, 2.24) is 15.4 Å². The Kier molecular flexibility index (Phi) is 7.23. The summed E-state index contributed by atoms with van der Waals surface area (Å²) in [7, 11) is 3.53. The summed E-state index contributed by atoms with van der Waals surface area (Å²) < 4.78 is 11.1. The van der Waals surface area contributed by atoms with Gasteiger partial charge in [-0.3, -0.25) is 4.79 Å². The van der Waals surface area contributed by atoms with E-state index in [9.17, 15) is 4.79 Å². The highest BCUT2D eigenvalue weighted by molar-refractivity contribution is 5.85. The number of aryl methyl sites for hydroxylation is 1. The molecule has 1 fully saturated rings. The second-order valence-corrected chi connectivity index (χ2v) is 7.53. The van der Waals surface area contributed by atoms with Crippen LogP contribution in [0, 0.1) is 0 Å². The van der Waals surface area contributed by atoms with E-state index < -0.39 is 5.60 Å². The fraction of sp³-hybridized carbons (Fsp3) is 0.545. The molecule has 0 atom stereocenters. The zero-order chi connectivity index (χ0) is 19.8. The Bertz CT molecular complexity index is 738. The number of amides is 1. The van der Waals surface area contributed by atoms with Crippen molar-refractivity contribution >= 4 is 5.91 Å². The summed E-state index contributed by atoms with van der Waals surface area (Å²) in [6.07, 6.45) is 5.38. The molecule has 0 saturated carbocycles. The van der Waals surface area contributed by atoms with Gasteiger partial charge in [0.1, 0.15) is 17.1 Å². The number of carbonyl (C=O) groups excluding carboxylic acids is 1. The van der Waals surface area contributed by atoms with Gasteiger partial charge < -0.3 is 19.5 Å². The molecular weight excluding hydrogens is 354 g/mol. The molecule has 1 N–H and O–H groups in total. The van der Waals surface area contributed by atoms with Crippen molar-refractivity contribution in [1.29, 1.82) is 0 Å². The third-order valence-electron chi connectivity index (χ3n) is 5.58. The maximum absolute atomic E-state index is 12.8. The van der Waals surface area contributed by atoms with Gasteiger partial charge >= 0.3 is 0 Å². The minimum Gasteiger partial charge on any atom is -0.368 e. The van der Waals surface area contributed by atoms with Gasteiger partial charge in [-0.15, -0.1) is 0 Å². The number of methoxy groups -OCH3 is 1. The quantitative estimate of drug-likeness (QED) is 0.671. The number of benzene rings is 1. The van der Waals surface area contributed by atoms with Crippen molar-refractivity contribution in [2.45, 2.75) is 44.1 Å². The first-order valence-corrected chi connectivity index (χ1v) is 10.2. The first-order chi connectivity index (χ1) is 13.6. The molecule has 6 heteroatoms. The summed E-state index contributed by atoms with van der Waals surface area (Å²) in [4.78, 5) is 14.7. The maximum atomic E-state index is 12.8. The average Bonchev–Trinajstić information content (AvgIpc) is 3.23. The summed E-state index contributed by atoms with van der Waals surface area (Å²) in [5, 5.41) is 7.45. The predicted octanol–water partition coefficient (Wildman–Crippen LogP) is 3.28. The molecule has 152 valence electrons. The lowest BCUT2D eigenvalue weighted by Gasteiger charge is -2.37. The van der Waals surface area contributed by atoms with Crippen LogP contribution in [0.5, 0.6) is 0 Å². The predicted molar refractivity (Wildman–Crippen MR) is 109 cm³/mol. The Morgan fingerprint density at radius 2 is 1.96 bits per heavy atom. The summed E-state index contributed by atoms with van der Waals surface area (Å²) in [5.41, 5.74) is 1.31.